The Labute approximate surface area is 100 Å². The number of amides is 1. The molecule has 1 aliphatic rings. The molecular weight excluding hydrogens is 218 g/mol. The molecule has 0 radical (unpaired) electrons. The number of nitrogen functional groups attached to an aromatic ring is 2. The molecule has 0 saturated heterocycles. The summed E-state index contributed by atoms with van der Waals surface area (Å²) in [6, 6.07) is 3.66. The highest BCUT2D eigenvalue weighted by Crippen LogP contribution is 2.37. The molecule has 0 saturated carbocycles. The number of nitrogens with zero attached hydrogens (tertiary/aromatic N) is 1. The fourth-order valence-corrected chi connectivity index (χ4v) is 2.26. The zero-order chi connectivity index (χ0) is 12.6. The third kappa shape index (κ3) is 1.77. The summed E-state index contributed by atoms with van der Waals surface area (Å²) in [4.78, 5) is 13.4. The van der Waals surface area contributed by atoms with Gasteiger partial charge in [-0.3, -0.25) is 4.90 Å². The number of fused-ring (bicyclic) bond motifs is 1. The van der Waals surface area contributed by atoms with Crippen molar-refractivity contribution in [3.05, 3.63) is 17.7 Å². The molecule has 1 aromatic carbocycles. The second-order valence-corrected chi connectivity index (χ2v) is 4.29. The van der Waals surface area contributed by atoms with Crippen molar-refractivity contribution in [2.45, 2.75) is 25.8 Å². The molecule has 0 aliphatic carbocycles. The van der Waals surface area contributed by atoms with Crippen LogP contribution in [0.5, 0.6) is 0 Å². The Bertz CT molecular complexity index is 459. The second-order valence-electron chi connectivity index (χ2n) is 4.29. The Balaban J connectivity index is 2.52. The predicted molar refractivity (Wildman–Crippen MR) is 67.9 cm³/mol. The number of carbonyl (C=O) groups excluding carboxylic acids is 1. The van der Waals surface area contributed by atoms with Crippen LogP contribution in [-0.4, -0.2) is 19.2 Å². The lowest BCUT2D eigenvalue weighted by Crippen LogP contribution is -2.42. The van der Waals surface area contributed by atoms with Crippen LogP contribution in [0.25, 0.3) is 0 Å². The lowest BCUT2D eigenvalue weighted by molar-refractivity contribution is 0.175. The van der Waals surface area contributed by atoms with E-state index in [1.54, 1.807) is 11.0 Å². The molecule has 1 heterocycles. The van der Waals surface area contributed by atoms with Crippen molar-refractivity contribution in [1.29, 1.82) is 0 Å². The van der Waals surface area contributed by atoms with Gasteiger partial charge in [0, 0.05) is 11.6 Å². The van der Waals surface area contributed by atoms with E-state index in [1.807, 2.05) is 13.0 Å². The van der Waals surface area contributed by atoms with Crippen molar-refractivity contribution >= 4 is 23.2 Å². The third-order valence-electron chi connectivity index (χ3n) is 3.25. The van der Waals surface area contributed by atoms with Gasteiger partial charge >= 0.3 is 6.09 Å². The van der Waals surface area contributed by atoms with Crippen LogP contribution < -0.4 is 16.4 Å². The summed E-state index contributed by atoms with van der Waals surface area (Å²) < 4.78 is 4.80. The van der Waals surface area contributed by atoms with E-state index in [1.165, 1.54) is 7.11 Å². The van der Waals surface area contributed by atoms with Crippen LogP contribution in [0.3, 0.4) is 0 Å². The van der Waals surface area contributed by atoms with Crippen molar-refractivity contribution in [1.82, 2.24) is 0 Å². The minimum Gasteiger partial charge on any atom is -0.452 e. The van der Waals surface area contributed by atoms with Crippen LogP contribution in [0.1, 0.15) is 18.9 Å². The average Bonchev–Trinajstić information content (AvgIpc) is 2.33. The minimum atomic E-state index is -0.359. The molecule has 1 aromatic rings. The summed E-state index contributed by atoms with van der Waals surface area (Å²) >= 11 is 0. The maximum atomic E-state index is 11.8. The third-order valence-corrected chi connectivity index (χ3v) is 3.25. The lowest BCUT2D eigenvalue weighted by atomic mass is 9.95. The van der Waals surface area contributed by atoms with Crippen molar-refractivity contribution in [2.24, 2.45) is 0 Å². The van der Waals surface area contributed by atoms with Gasteiger partial charge in [0.1, 0.15) is 0 Å². The SMILES string of the molecule is COC(=O)N1c2ccc(N)c(N)c2CCC1C. The Morgan fingerprint density at radius 3 is 2.82 bits per heavy atom. The molecule has 1 unspecified atom stereocenters. The van der Waals surface area contributed by atoms with Gasteiger partial charge in [-0.1, -0.05) is 0 Å². The molecule has 0 aromatic heterocycles. The number of hydrogen-bond acceptors (Lipinski definition) is 4. The van der Waals surface area contributed by atoms with Gasteiger partial charge < -0.3 is 16.2 Å². The number of nitrogens with two attached hydrogens (primary N) is 2. The molecule has 1 amide bonds. The topological polar surface area (TPSA) is 81.6 Å². The first kappa shape index (κ1) is 11.6. The monoisotopic (exact) mass is 235 g/mol. The van der Waals surface area contributed by atoms with Gasteiger partial charge in [-0.15, -0.1) is 0 Å². The van der Waals surface area contributed by atoms with Crippen LogP contribution in [0.4, 0.5) is 21.9 Å². The molecule has 1 aliphatic heterocycles. The van der Waals surface area contributed by atoms with Gasteiger partial charge in [-0.25, -0.2) is 4.79 Å². The number of methoxy groups -OCH3 is 1. The van der Waals surface area contributed by atoms with E-state index in [0.717, 1.165) is 24.1 Å². The number of rotatable bonds is 0. The summed E-state index contributed by atoms with van der Waals surface area (Å²) in [5.74, 6) is 0. The zero-order valence-corrected chi connectivity index (χ0v) is 10.1. The molecular formula is C12H17N3O2. The van der Waals surface area contributed by atoms with Crippen molar-refractivity contribution in [2.75, 3.05) is 23.5 Å². The molecule has 0 spiro atoms. The Morgan fingerprint density at radius 1 is 1.47 bits per heavy atom. The van der Waals surface area contributed by atoms with E-state index in [4.69, 9.17) is 16.2 Å². The van der Waals surface area contributed by atoms with E-state index in [9.17, 15) is 4.79 Å². The number of anilines is 3. The molecule has 0 bridgehead atoms. The van der Waals surface area contributed by atoms with Crippen LogP contribution >= 0.6 is 0 Å². The molecule has 1 atom stereocenters. The fraction of sp³-hybridized carbons (Fsp3) is 0.417. The van der Waals surface area contributed by atoms with Crippen LogP contribution in [0.2, 0.25) is 0 Å². The highest BCUT2D eigenvalue weighted by Gasteiger charge is 2.30. The van der Waals surface area contributed by atoms with Gasteiger partial charge in [0.25, 0.3) is 0 Å². The number of benzene rings is 1. The quantitative estimate of drug-likeness (QED) is 0.671. The Kier molecular flexibility index (Phi) is 2.83. The lowest BCUT2D eigenvalue weighted by Gasteiger charge is -2.34. The predicted octanol–water partition coefficient (Wildman–Crippen LogP) is 1.76. The average molecular weight is 235 g/mol. The Hall–Kier alpha value is -1.91. The van der Waals surface area contributed by atoms with E-state index in [0.29, 0.717) is 11.4 Å². The molecule has 2 rings (SSSR count). The van der Waals surface area contributed by atoms with Gasteiger partial charge in [-0.05, 0) is 31.9 Å². The molecule has 0 fully saturated rings. The van der Waals surface area contributed by atoms with Crippen molar-refractivity contribution in [3.8, 4) is 0 Å². The number of ether oxygens (including phenoxy) is 1. The first-order valence-corrected chi connectivity index (χ1v) is 5.60. The molecule has 5 heteroatoms. The van der Waals surface area contributed by atoms with E-state index in [2.05, 4.69) is 0 Å². The van der Waals surface area contributed by atoms with Gasteiger partial charge in [0.15, 0.2) is 0 Å². The van der Waals surface area contributed by atoms with Crippen LogP contribution in [-0.2, 0) is 11.2 Å². The highest BCUT2D eigenvalue weighted by molar-refractivity contribution is 5.92. The minimum absolute atomic E-state index is 0.109. The smallest absolute Gasteiger partial charge is 0.414 e. The van der Waals surface area contributed by atoms with Crippen LogP contribution in [0, 0.1) is 0 Å². The summed E-state index contributed by atoms with van der Waals surface area (Å²) in [6.07, 6.45) is 1.33. The number of hydrogen-bond donors (Lipinski definition) is 2. The maximum Gasteiger partial charge on any atom is 0.414 e. The summed E-state index contributed by atoms with van der Waals surface area (Å²) in [6.45, 7) is 1.99. The van der Waals surface area contributed by atoms with Crippen molar-refractivity contribution < 1.29 is 9.53 Å². The van der Waals surface area contributed by atoms with Gasteiger partial charge in [0.2, 0.25) is 0 Å². The normalized spacial score (nSPS) is 18.7. The van der Waals surface area contributed by atoms with E-state index < -0.39 is 0 Å². The first-order valence-electron chi connectivity index (χ1n) is 5.60. The summed E-state index contributed by atoms with van der Waals surface area (Å²) in [5.41, 5.74) is 14.6. The van der Waals surface area contributed by atoms with Crippen LogP contribution in [0.15, 0.2) is 12.1 Å². The fourth-order valence-electron chi connectivity index (χ4n) is 2.26. The molecule has 17 heavy (non-hydrogen) atoms. The largest absolute Gasteiger partial charge is 0.452 e. The second kappa shape index (κ2) is 4.16. The maximum absolute atomic E-state index is 11.8. The van der Waals surface area contributed by atoms with E-state index >= 15 is 0 Å². The van der Waals surface area contributed by atoms with Crippen molar-refractivity contribution in [3.63, 3.8) is 0 Å². The Morgan fingerprint density at radius 2 is 2.18 bits per heavy atom. The summed E-state index contributed by atoms with van der Waals surface area (Å²) in [5, 5.41) is 0. The van der Waals surface area contributed by atoms with Gasteiger partial charge in [0.05, 0.1) is 24.2 Å². The molecule has 4 N–H and O–H groups in total. The molecule has 92 valence electrons. The van der Waals surface area contributed by atoms with Gasteiger partial charge in [-0.2, -0.15) is 0 Å². The standard InChI is InChI=1S/C12H17N3O2/c1-7-3-4-8-10(15(7)12(16)17-2)6-5-9(13)11(8)14/h5-7H,3-4,13-14H2,1-2H3. The summed E-state index contributed by atoms with van der Waals surface area (Å²) in [7, 11) is 1.38. The molecule has 5 nitrogen and oxygen atoms in total. The zero-order valence-electron chi connectivity index (χ0n) is 10.1. The highest BCUT2D eigenvalue weighted by atomic mass is 16.5. The number of carbonyl (C=O) groups is 1. The van der Waals surface area contributed by atoms with E-state index in [-0.39, 0.29) is 12.1 Å². The first-order chi connectivity index (χ1) is 8.06.